The molecule has 0 spiro atoms. The summed E-state index contributed by atoms with van der Waals surface area (Å²) in [6.45, 7) is 3.78. The molecule has 2 nitrogen and oxygen atoms in total. The molecule has 98 valence electrons. The minimum Gasteiger partial charge on any atom is -0.260 e. The molecular formula is C17H14N2S. The summed E-state index contributed by atoms with van der Waals surface area (Å²) >= 11 is 1.63. The van der Waals surface area contributed by atoms with E-state index < -0.39 is 0 Å². The Morgan fingerprint density at radius 2 is 1.95 bits per heavy atom. The van der Waals surface area contributed by atoms with Gasteiger partial charge in [0.25, 0.3) is 0 Å². The van der Waals surface area contributed by atoms with Gasteiger partial charge in [-0.05, 0) is 17.2 Å². The van der Waals surface area contributed by atoms with E-state index >= 15 is 0 Å². The maximum absolute atomic E-state index is 4.52. The van der Waals surface area contributed by atoms with Crippen LogP contribution >= 0.6 is 11.3 Å². The number of allylic oxidation sites excluding steroid dienone is 1. The van der Waals surface area contributed by atoms with Gasteiger partial charge in [-0.3, -0.25) is 9.97 Å². The quantitative estimate of drug-likeness (QED) is 0.652. The summed E-state index contributed by atoms with van der Waals surface area (Å²) in [4.78, 5) is 9.83. The Bertz CT molecular complexity index is 703. The largest absolute Gasteiger partial charge is 0.260 e. The fourth-order valence-electron chi connectivity index (χ4n) is 2.16. The molecule has 20 heavy (non-hydrogen) atoms. The van der Waals surface area contributed by atoms with Crippen LogP contribution < -0.4 is 0 Å². The average Bonchev–Trinajstić information content (AvgIpc) is 3.03. The molecule has 3 rings (SSSR count). The third-order valence-electron chi connectivity index (χ3n) is 3.10. The Hall–Kier alpha value is -2.26. The lowest BCUT2D eigenvalue weighted by molar-refractivity contribution is 1.12. The second kappa shape index (κ2) is 5.80. The Morgan fingerprint density at radius 1 is 1.10 bits per heavy atom. The van der Waals surface area contributed by atoms with E-state index in [4.69, 9.17) is 0 Å². The number of aromatic nitrogens is 2. The summed E-state index contributed by atoms with van der Waals surface area (Å²) in [6.07, 6.45) is 6.49. The monoisotopic (exact) mass is 278 g/mol. The first-order valence-corrected chi connectivity index (χ1v) is 7.30. The molecule has 3 heteroatoms. The number of pyridine rings is 1. The average molecular weight is 278 g/mol. The molecule has 0 saturated heterocycles. The first-order valence-electron chi connectivity index (χ1n) is 6.42. The van der Waals surface area contributed by atoms with Crippen molar-refractivity contribution in [2.45, 2.75) is 6.42 Å². The van der Waals surface area contributed by atoms with Gasteiger partial charge in [0.1, 0.15) is 0 Å². The molecular weight excluding hydrogens is 264 g/mol. The molecule has 0 fully saturated rings. The molecule has 2 heterocycles. The molecule has 3 aromatic rings. The van der Waals surface area contributed by atoms with Gasteiger partial charge < -0.3 is 0 Å². The zero-order valence-electron chi connectivity index (χ0n) is 11.0. The minimum absolute atomic E-state index is 0.781. The number of nitrogens with zero attached hydrogens (tertiary/aromatic N) is 2. The second-order valence-electron chi connectivity index (χ2n) is 4.45. The Labute approximate surface area is 122 Å². The highest BCUT2D eigenvalue weighted by molar-refractivity contribution is 7.13. The molecule has 0 atom stereocenters. The van der Waals surface area contributed by atoms with Gasteiger partial charge in [-0.15, -0.1) is 17.9 Å². The fraction of sp³-hybridized carbons (Fsp3) is 0.0588. The highest BCUT2D eigenvalue weighted by Gasteiger charge is 2.10. The molecule has 0 aliphatic rings. The lowest BCUT2D eigenvalue weighted by Gasteiger charge is -2.09. The highest BCUT2D eigenvalue weighted by Crippen LogP contribution is 2.33. The van der Waals surface area contributed by atoms with E-state index in [0.717, 1.165) is 22.6 Å². The van der Waals surface area contributed by atoms with Crippen LogP contribution in [-0.2, 0) is 6.42 Å². The molecule has 0 radical (unpaired) electrons. The predicted octanol–water partition coefficient (Wildman–Crippen LogP) is 4.60. The van der Waals surface area contributed by atoms with Crippen molar-refractivity contribution in [1.29, 1.82) is 0 Å². The minimum atomic E-state index is 0.781. The van der Waals surface area contributed by atoms with Crippen molar-refractivity contribution in [3.05, 3.63) is 72.7 Å². The van der Waals surface area contributed by atoms with E-state index in [1.807, 2.05) is 30.0 Å². The van der Waals surface area contributed by atoms with Crippen LogP contribution in [0.3, 0.4) is 0 Å². The highest BCUT2D eigenvalue weighted by atomic mass is 32.1. The third kappa shape index (κ3) is 2.53. The summed E-state index contributed by atoms with van der Waals surface area (Å²) in [5, 5.41) is 0. The molecule has 0 amide bonds. The van der Waals surface area contributed by atoms with Crippen molar-refractivity contribution in [3.63, 3.8) is 0 Å². The van der Waals surface area contributed by atoms with E-state index in [-0.39, 0.29) is 0 Å². The number of benzene rings is 1. The summed E-state index contributed by atoms with van der Waals surface area (Å²) < 4.78 is 0. The van der Waals surface area contributed by atoms with Crippen molar-refractivity contribution in [2.75, 3.05) is 0 Å². The van der Waals surface area contributed by atoms with Crippen LogP contribution in [0.5, 0.6) is 0 Å². The van der Waals surface area contributed by atoms with Gasteiger partial charge in [-0.1, -0.05) is 36.4 Å². The van der Waals surface area contributed by atoms with Crippen LogP contribution in [0.1, 0.15) is 5.69 Å². The molecule has 0 bridgehead atoms. The first kappa shape index (κ1) is 12.8. The Kier molecular flexibility index (Phi) is 3.70. The molecule has 0 unspecified atom stereocenters. The van der Waals surface area contributed by atoms with Gasteiger partial charge in [0.2, 0.25) is 0 Å². The number of hydrogen-bond donors (Lipinski definition) is 0. The van der Waals surface area contributed by atoms with Gasteiger partial charge in [0.05, 0.1) is 10.4 Å². The number of rotatable bonds is 4. The van der Waals surface area contributed by atoms with Crippen LogP contribution in [0.25, 0.3) is 21.6 Å². The standard InChI is InChI=1S/C17H14N2S/c1-2-6-14-9-15(13-7-4-3-5-8-13)16(10-19-14)17-11-18-12-20-17/h2-5,7-12H,1,6H2. The van der Waals surface area contributed by atoms with E-state index in [2.05, 4.69) is 46.9 Å². The maximum Gasteiger partial charge on any atom is 0.0797 e. The lowest BCUT2D eigenvalue weighted by Crippen LogP contribution is -1.92. The maximum atomic E-state index is 4.52. The van der Waals surface area contributed by atoms with Crippen LogP contribution in [0.4, 0.5) is 0 Å². The molecule has 1 aromatic carbocycles. The fourth-order valence-corrected chi connectivity index (χ4v) is 2.81. The van der Waals surface area contributed by atoms with Crippen LogP contribution in [-0.4, -0.2) is 9.97 Å². The van der Waals surface area contributed by atoms with Gasteiger partial charge in [0, 0.05) is 30.1 Å². The normalized spacial score (nSPS) is 10.4. The predicted molar refractivity (Wildman–Crippen MR) is 84.7 cm³/mol. The molecule has 0 N–H and O–H groups in total. The number of thiazole rings is 1. The zero-order chi connectivity index (χ0) is 13.8. The van der Waals surface area contributed by atoms with Gasteiger partial charge in [-0.2, -0.15) is 0 Å². The van der Waals surface area contributed by atoms with Crippen LogP contribution in [0.2, 0.25) is 0 Å². The van der Waals surface area contributed by atoms with Crippen molar-refractivity contribution in [2.24, 2.45) is 0 Å². The van der Waals surface area contributed by atoms with E-state index in [9.17, 15) is 0 Å². The van der Waals surface area contributed by atoms with E-state index in [1.165, 1.54) is 11.1 Å². The van der Waals surface area contributed by atoms with Crippen molar-refractivity contribution >= 4 is 11.3 Å². The molecule has 0 aliphatic carbocycles. The van der Waals surface area contributed by atoms with Gasteiger partial charge in [-0.25, -0.2) is 0 Å². The Morgan fingerprint density at radius 3 is 2.65 bits per heavy atom. The second-order valence-corrected chi connectivity index (χ2v) is 5.33. The lowest BCUT2D eigenvalue weighted by atomic mass is 9.99. The Balaban J connectivity index is 2.17. The summed E-state index contributed by atoms with van der Waals surface area (Å²) in [5.41, 5.74) is 6.41. The summed E-state index contributed by atoms with van der Waals surface area (Å²) in [6, 6.07) is 12.5. The van der Waals surface area contributed by atoms with E-state index in [1.54, 1.807) is 11.3 Å². The van der Waals surface area contributed by atoms with Crippen molar-refractivity contribution < 1.29 is 0 Å². The molecule has 2 aromatic heterocycles. The molecule has 0 saturated carbocycles. The third-order valence-corrected chi connectivity index (χ3v) is 3.90. The van der Waals surface area contributed by atoms with Crippen molar-refractivity contribution in [3.8, 4) is 21.6 Å². The van der Waals surface area contributed by atoms with Gasteiger partial charge >= 0.3 is 0 Å². The summed E-state index contributed by atoms with van der Waals surface area (Å²) in [7, 11) is 0. The van der Waals surface area contributed by atoms with Crippen LogP contribution in [0.15, 0.2) is 67.0 Å². The zero-order valence-corrected chi connectivity index (χ0v) is 11.8. The van der Waals surface area contributed by atoms with Crippen LogP contribution in [0, 0.1) is 0 Å². The SMILES string of the molecule is C=CCc1cc(-c2ccccc2)c(-c2cncs2)cn1. The van der Waals surface area contributed by atoms with Crippen molar-refractivity contribution in [1.82, 2.24) is 9.97 Å². The molecule has 0 aliphatic heterocycles. The number of hydrogen-bond acceptors (Lipinski definition) is 3. The first-order chi connectivity index (χ1) is 9.88. The summed E-state index contributed by atoms with van der Waals surface area (Å²) in [5.74, 6) is 0. The topological polar surface area (TPSA) is 25.8 Å². The smallest absolute Gasteiger partial charge is 0.0797 e. The van der Waals surface area contributed by atoms with Gasteiger partial charge in [0.15, 0.2) is 0 Å². The van der Waals surface area contributed by atoms with E-state index in [0.29, 0.717) is 0 Å².